The van der Waals surface area contributed by atoms with Gasteiger partial charge in [0.2, 0.25) is 0 Å². The van der Waals surface area contributed by atoms with Crippen molar-refractivity contribution in [2.45, 2.75) is 26.3 Å². The Hall–Kier alpha value is -0.930. The molecule has 1 atom stereocenters. The highest BCUT2D eigenvalue weighted by atomic mass is 19.1. The molecule has 2 nitrogen and oxygen atoms in total. The second-order valence-electron chi connectivity index (χ2n) is 3.69. The maximum atomic E-state index is 13.1. The Morgan fingerprint density at radius 3 is 2.80 bits per heavy atom. The lowest BCUT2D eigenvalue weighted by Gasteiger charge is -2.18. The summed E-state index contributed by atoms with van der Waals surface area (Å²) < 4.78 is 13.1. The van der Waals surface area contributed by atoms with Crippen molar-refractivity contribution in [2.75, 3.05) is 13.2 Å². The average molecular weight is 211 g/mol. The number of rotatable bonds is 5. The van der Waals surface area contributed by atoms with Gasteiger partial charge in [-0.15, -0.1) is 0 Å². The number of hydrogen-bond donors (Lipinski definition) is 2. The molecule has 0 saturated carbocycles. The van der Waals surface area contributed by atoms with E-state index in [2.05, 4.69) is 12.2 Å². The Balaban J connectivity index is 2.85. The molecule has 0 saturated heterocycles. The van der Waals surface area contributed by atoms with Gasteiger partial charge in [0.05, 0.1) is 12.6 Å². The molecule has 1 unspecified atom stereocenters. The first-order chi connectivity index (χ1) is 7.19. The normalized spacial score (nSPS) is 12.8. The Labute approximate surface area is 90.1 Å². The molecule has 1 rings (SSSR count). The molecule has 1 aromatic rings. The largest absolute Gasteiger partial charge is 0.394 e. The number of benzene rings is 1. The second-order valence-corrected chi connectivity index (χ2v) is 3.69. The van der Waals surface area contributed by atoms with E-state index in [1.54, 1.807) is 6.07 Å². The second kappa shape index (κ2) is 5.83. The first-order valence-corrected chi connectivity index (χ1v) is 5.29. The Bertz CT molecular complexity index is 314. The van der Waals surface area contributed by atoms with E-state index in [1.807, 2.05) is 6.92 Å². The van der Waals surface area contributed by atoms with Crippen LogP contribution in [-0.2, 0) is 0 Å². The number of hydrogen-bond acceptors (Lipinski definition) is 2. The van der Waals surface area contributed by atoms with Crippen LogP contribution < -0.4 is 5.32 Å². The van der Waals surface area contributed by atoms with Gasteiger partial charge in [-0.25, -0.2) is 4.39 Å². The van der Waals surface area contributed by atoms with Crippen LogP contribution >= 0.6 is 0 Å². The van der Waals surface area contributed by atoms with E-state index in [1.165, 1.54) is 12.1 Å². The maximum Gasteiger partial charge on any atom is 0.123 e. The van der Waals surface area contributed by atoms with Gasteiger partial charge in [-0.05, 0) is 43.1 Å². The first kappa shape index (κ1) is 12.1. The molecule has 0 amide bonds. The van der Waals surface area contributed by atoms with E-state index in [-0.39, 0.29) is 18.5 Å². The summed E-state index contributed by atoms with van der Waals surface area (Å²) in [7, 11) is 0. The molecule has 0 spiro atoms. The molecule has 0 radical (unpaired) electrons. The van der Waals surface area contributed by atoms with Crippen LogP contribution in [0.4, 0.5) is 4.39 Å². The minimum Gasteiger partial charge on any atom is -0.394 e. The van der Waals surface area contributed by atoms with Gasteiger partial charge >= 0.3 is 0 Å². The van der Waals surface area contributed by atoms with Gasteiger partial charge in [-0.2, -0.15) is 0 Å². The summed E-state index contributed by atoms with van der Waals surface area (Å²) in [5.41, 5.74) is 1.84. The Morgan fingerprint density at radius 1 is 1.47 bits per heavy atom. The van der Waals surface area contributed by atoms with Crippen LogP contribution in [-0.4, -0.2) is 18.3 Å². The summed E-state index contributed by atoms with van der Waals surface area (Å²) in [6, 6.07) is 4.49. The third-order valence-corrected chi connectivity index (χ3v) is 2.44. The molecule has 0 fully saturated rings. The lowest BCUT2D eigenvalue weighted by Crippen LogP contribution is -2.25. The third kappa shape index (κ3) is 3.29. The molecule has 3 heteroatoms. The van der Waals surface area contributed by atoms with E-state index in [0.717, 1.165) is 24.1 Å². The number of aliphatic hydroxyl groups excluding tert-OH is 1. The van der Waals surface area contributed by atoms with Crippen molar-refractivity contribution in [3.8, 4) is 0 Å². The number of halogens is 1. The highest BCUT2D eigenvalue weighted by molar-refractivity contribution is 5.29. The molecule has 1 aromatic carbocycles. The Morgan fingerprint density at radius 2 is 2.20 bits per heavy atom. The Kier molecular flexibility index (Phi) is 4.72. The van der Waals surface area contributed by atoms with Crippen molar-refractivity contribution in [3.63, 3.8) is 0 Å². The fourth-order valence-corrected chi connectivity index (χ4v) is 1.58. The summed E-state index contributed by atoms with van der Waals surface area (Å²) in [5.74, 6) is -0.257. The summed E-state index contributed by atoms with van der Waals surface area (Å²) in [6.45, 7) is 4.79. The summed E-state index contributed by atoms with van der Waals surface area (Å²) in [5, 5.41) is 12.4. The maximum absolute atomic E-state index is 13.1. The van der Waals surface area contributed by atoms with Crippen LogP contribution in [0, 0.1) is 12.7 Å². The molecule has 84 valence electrons. The van der Waals surface area contributed by atoms with Crippen molar-refractivity contribution in [3.05, 3.63) is 35.1 Å². The van der Waals surface area contributed by atoms with Gasteiger partial charge in [0.25, 0.3) is 0 Å². The molecule has 0 aromatic heterocycles. The molecular weight excluding hydrogens is 193 g/mol. The summed E-state index contributed by atoms with van der Waals surface area (Å²) in [6.07, 6.45) is 0.991. The van der Waals surface area contributed by atoms with Crippen LogP contribution in [0.3, 0.4) is 0 Å². The topological polar surface area (TPSA) is 32.3 Å². The SMILES string of the molecule is CCCNC(CO)c1cc(F)ccc1C. The fourth-order valence-electron chi connectivity index (χ4n) is 1.58. The van der Waals surface area contributed by atoms with Gasteiger partial charge in [0.1, 0.15) is 5.82 Å². The van der Waals surface area contributed by atoms with Gasteiger partial charge in [0.15, 0.2) is 0 Å². The fraction of sp³-hybridized carbons (Fsp3) is 0.500. The minimum absolute atomic E-state index is 0.00963. The number of aliphatic hydroxyl groups is 1. The van der Waals surface area contributed by atoms with Gasteiger partial charge in [-0.1, -0.05) is 13.0 Å². The predicted octanol–water partition coefficient (Wildman–Crippen LogP) is 2.17. The zero-order valence-corrected chi connectivity index (χ0v) is 9.26. The number of nitrogens with one attached hydrogen (secondary N) is 1. The van der Waals surface area contributed by atoms with Crippen molar-refractivity contribution in [2.24, 2.45) is 0 Å². The van der Waals surface area contributed by atoms with E-state index >= 15 is 0 Å². The standard InChI is InChI=1S/C12H18FNO/c1-3-6-14-12(8-15)11-7-10(13)5-4-9(11)2/h4-5,7,12,14-15H,3,6,8H2,1-2H3. The highest BCUT2D eigenvalue weighted by Crippen LogP contribution is 2.18. The van der Waals surface area contributed by atoms with E-state index in [4.69, 9.17) is 0 Å². The molecule has 2 N–H and O–H groups in total. The van der Waals surface area contributed by atoms with E-state index in [0.29, 0.717) is 0 Å². The summed E-state index contributed by atoms with van der Waals surface area (Å²) in [4.78, 5) is 0. The summed E-state index contributed by atoms with van der Waals surface area (Å²) >= 11 is 0. The molecule has 0 aliphatic heterocycles. The smallest absolute Gasteiger partial charge is 0.123 e. The average Bonchev–Trinajstić information content (AvgIpc) is 2.24. The van der Waals surface area contributed by atoms with Crippen molar-refractivity contribution in [1.82, 2.24) is 5.32 Å². The number of aryl methyl sites for hydroxylation is 1. The van der Waals surface area contributed by atoms with E-state index in [9.17, 15) is 9.50 Å². The lowest BCUT2D eigenvalue weighted by atomic mass is 10.0. The molecule has 0 bridgehead atoms. The van der Waals surface area contributed by atoms with Crippen LogP contribution in [0.5, 0.6) is 0 Å². The van der Waals surface area contributed by atoms with Gasteiger partial charge < -0.3 is 10.4 Å². The van der Waals surface area contributed by atoms with Gasteiger partial charge in [-0.3, -0.25) is 0 Å². The molecule has 0 aliphatic carbocycles. The molecule has 0 heterocycles. The van der Waals surface area contributed by atoms with Crippen LogP contribution in [0.2, 0.25) is 0 Å². The van der Waals surface area contributed by atoms with Crippen LogP contribution in [0.15, 0.2) is 18.2 Å². The zero-order valence-electron chi connectivity index (χ0n) is 9.26. The van der Waals surface area contributed by atoms with Crippen molar-refractivity contribution >= 4 is 0 Å². The molecule has 15 heavy (non-hydrogen) atoms. The first-order valence-electron chi connectivity index (χ1n) is 5.29. The third-order valence-electron chi connectivity index (χ3n) is 2.44. The van der Waals surface area contributed by atoms with Crippen molar-refractivity contribution in [1.29, 1.82) is 0 Å². The highest BCUT2D eigenvalue weighted by Gasteiger charge is 2.12. The minimum atomic E-state index is -0.257. The molecule has 0 aliphatic rings. The molecular formula is C12H18FNO. The van der Waals surface area contributed by atoms with Crippen molar-refractivity contribution < 1.29 is 9.50 Å². The van der Waals surface area contributed by atoms with Crippen LogP contribution in [0.25, 0.3) is 0 Å². The monoisotopic (exact) mass is 211 g/mol. The lowest BCUT2D eigenvalue weighted by molar-refractivity contribution is 0.244. The van der Waals surface area contributed by atoms with Gasteiger partial charge in [0, 0.05) is 0 Å². The van der Waals surface area contributed by atoms with Crippen LogP contribution in [0.1, 0.15) is 30.5 Å². The van der Waals surface area contributed by atoms with E-state index < -0.39 is 0 Å². The quantitative estimate of drug-likeness (QED) is 0.782. The zero-order chi connectivity index (χ0) is 11.3. The predicted molar refractivity (Wildman–Crippen MR) is 59.3 cm³/mol.